The molecular weight excluding hydrogens is 314 g/mol. The molecule has 7 heteroatoms. The maximum Gasteiger partial charge on any atom is 0.387 e. The normalized spacial score (nSPS) is 20.5. The van der Waals surface area contributed by atoms with Crippen molar-refractivity contribution in [3.8, 4) is 5.75 Å². The topological polar surface area (TPSA) is 55.6 Å². The first-order valence-corrected chi connectivity index (χ1v) is 6.89. The second-order valence-electron chi connectivity index (χ2n) is 6.01. The molecular formula is C15H21ClF2N2O2. The van der Waals surface area contributed by atoms with Crippen LogP contribution in [0.2, 0.25) is 0 Å². The van der Waals surface area contributed by atoms with Gasteiger partial charge in [-0.05, 0) is 36.1 Å². The smallest absolute Gasteiger partial charge is 0.387 e. The summed E-state index contributed by atoms with van der Waals surface area (Å²) in [4.78, 5) is 14.2. The zero-order valence-corrected chi connectivity index (χ0v) is 13.4. The number of hydrogen-bond acceptors (Lipinski definition) is 3. The zero-order valence-electron chi connectivity index (χ0n) is 12.6. The Bertz CT molecular complexity index is 509. The highest BCUT2D eigenvalue weighted by Gasteiger charge is 2.35. The Labute approximate surface area is 135 Å². The van der Waals surface area contributed by atoms with E-state index in [1.807, 2.05) is 13.8 Å². The van der Waals surface area contributed by atoms with Crippen molar-refractivity contribution >= 4 is 18.3 Å². The van der Waals surface area contributed by atoms with Crippen molar-refractivity contribution < 1.29 is 18.3 Å². The number of nitrogens with zero attached hydrogens (tertiary/aromatic N) is 1. The van der Waals surface area contributed by atoms with Crippen LogP contribution < -0.4 is 10.5 Å². The van der Waals surface area contributed by atoms with Gasteiger partial charge in [-0.3, -0.25) is 4.79 Å². The van der Waals surface area contributed by atoms with Crippen LogP contribution in [0.1, 0.15) is 30.6 Å². The summed E-state index contributed by atoms with van der Waals surface area (Å²) in [7, 11) is 0. The van der Waals surface area contributed by atoms with Gasteiger partial charge in [-0.2, -0.15) is 8.78 Å². The molecule has 1 amide bonds. The van der Waals surface area contributed by atoms with Gasteiger partial charge in [-0.25, -0.2) is 0 Å². The molecule has 0 bridgehead atoms. The molecule has 2 N–H and O–H groups in total. The van der Waals surface area contributed by atoms with Gasteiger partial charge in [0.15, 0.2) is 0 Å². The number of amides is 1. The number of likely N-dealkylation sites (tertiary alicyclic amines) is 1. The predicted octanol–water partition coefficient (Wildman–Crippen LogP) is 2.91. The minimum Gasteiger partial charge on any atom is -0.435 e. The lowest BCUT2D eigenvalue weighted by molar-refractivity contribution is -0.0498. The van der Waals surface area contributed by atoms with E-state index in [1.54, 1.807) is 4.90 Å². The molecule has 1 aromatic carbocycles. The molecule has 1 fully saturated rings. The molecule has 0 radical (unpaired) electrons. The van der Waals surface area contributed by atoms with Crippen LogP contribution in [0.5, 0.6) is 5.75 Å². The highest BCUT2D eigenvalue weighted by molar-refractivity contribution is 5.94. The molecule has 2 rings (SSSR count). The molecule has 0 aliphatic carbocycles. The van der Waals surface area contributed by atoms with Crippen molar-refractivity contribution in [3.63, 3.8) is 0 Å². The molecule has 1 unspecified atom stereocenters. The number of rotatable bonds is 3. The average Bonchev–Trinajstić information content (AvgIpc) is 2.41. The second-order valence-corrected chi connectivity index (χ2v) is 6.01. The number of halogens is 3. The number of nitrogens with two attached hydrogens (primary N) is 1. The fraction of sp³-hybridized carbons (Fsp3) is 0.533. The first kappa shape index (κ1) is 18.6. The Balaban J connectivity index is 0.00000242. The Hall–Kier alpha value is -1.40. The predicted molar refractivity (Wildman–Crippen MR) is 82.6 cm³/mol. The lowest BCUT2D eigenvalue weighted by atomic mass is 9.79. The van der Waals surface area contributed by atoms with Crippen molar-refractivity contribution in [3.05, 3.63) is 29.8 Å². The monoisotopic (exact) mass is 334 g/mol. The Morgan fingerprint density at radius 2 is 1.95 bits per heavy atom. The first-order chi connectivity index (χ1) is 9.79. The highest BCUT2D eigenvalue weighted by atomic mass is 35.5. The minimum absolute atomic E-state index is 0. The van der Waals surface area contributed by atoms with Crippen LogP contribution in [0, 0.1) is 5.41 Å². The molecule has 1 aliphatic heterocycles. The summed E-state index contributed by atoms with van der Waals surface area (Å²) >= 11 is 0. The number of ether oxygens (including phenoxy) is 1. The van der Waals surface area contributed by atoms with E-state index in [9.17, 15) is 13.6 Å². The van der Waals surface area contributed by atoms with E-state index in [2.05, 4.69) is 4.74 Å². The molecule has 22 heavy (non-hydrogen) atoms. The Morgan fingerprint density at radius 1 is 1.36 bits per heavy atom. The summed E-state index contributed by atoms with van der Waals surface area (Å²) in [5.74, 6) is -0.0684. The fourth-order valence-electron chi connectivity index (χ4n) is 2.51. The zero-order chi connectivity index (χ0) is 15.6. The SMILES string of the molecule is CC1(C)CN(C(=O)c2ccc(OC(F)F)cc2)CCC1N.Cl. The number of alkyl halides is 2. The van der Waals surface area contributed by atoms with E-state index < -0.39 is 6.61 Å². The molecule has 124 valence electrons. The van der Waals surface area contributed by atoms with Gasteiger partial charge in [-0.1, -0.05) is 13.8 Å². The summed E-state index contributed by atoms with van der Waals surface area (Å²) in [5.41, 5.74) is 6.38. The van der Waals surface area contributed by atoms with Gasteiger partial charge < -0.3 is 15.4 Å². The maximum atomic E-state index is 12.4. The molecule has 1 atom stereocenters. The molecule has 1 aromatic rings. The number of carbonyl (C=O) groups is 1. The number of hydrogen-bond donors (Lipinski definition) is 1. The van der Waals surface area contributed by atoms with Crippen molar-refractivity contribution in [1.29, 1.82) is 0 Å². The molecule has 0 saturated carbocycles. The summed E-state index contributed by atoms with van der Waals surface area (Å²) in [5, 5.41) is 0. The lowest BCUT2D eigenvalue weighted by Gasteiger charge is -2.42. The van der Waals surface area contributed by atoms with Gasteiger partial charge in [0.1, 0.15) is 5.75 Å². The van der Waals surface area contributed by atoms with E-state index in [4.69, 9.17) is 5.73 Å². The molecule has 0 spiro atoms. The average molecular weight is 335 g/mol. The van der Waals surface area contributed by atoms with Gasteiger partial charge in [0.05, 0.1) is 0 Å². The van der Waals surface area contributed by atoms with E-state index in [-0.39, 0.29) is 35.5 Å². The first-order valence-electron chi connectivity index (χ1n) is 6.89. The third kappa shape index (κ3) is 4.30. The number of benzene rings is 1. The standard InChI is InChI=1S/C15H20F2N2O2.ClH/c1-15(2)9-19(8-7-12(15)18)13(20)10-3-5-11(6-4-10)21-14(16)17;/h3-6,12,14H,7-9,18H2,1-2H3;1H. The van der Waals surface area contributed by atoms with Crippen molar-refractivity contribution in [2.75, 3.05) is 13.1 Å². The van der Waals surface area contributed by atoms with E-state index in [0.717, 1.165) is 6.42 Å². The van der Waals surface area contributed by atoms with Crippen LogP contribution in [0.15, 0.2) is 24.3 Å². The number of carbonyl (C=O) groups excluding carboxylic acids is 1. The number of piperidine rings is 1. The molecule has 1 heterocycles. The summed E-state index contributed by atoms with van der Waals surface area (Å²) < 4.78 is 28.4. The molecule has 0 aromatic heterocycles. The van der Waals surface area contributed by atoms with Crippen LogP contribution in [0.3, 0.4) is 0 Å². The highest BCUT2D eigenvalue weighted by Crippen LogP contribution is 2.28. The van der Waals surface area contributed by atoms with Crippen LogP contribution >= 0.6 is 12.4 Å². The van der Waals surface area contributed by atoms with Crippen molar-refractivity contribution in [2.45, 2.75) is 32.9 Å². The second kappa shape index (κ2) is 7.24. The van der Waals surface area contributed by atoms with Gasteiger partial charge in [0.2, 0.25) is 0 Å². The molecule has 4 nitrogen and oxygen atoms in total. The maximum absolute atomic E-state index is 12.4. The largest absolute Gasteiger partial charge is 0.435 e. The van der Waals surface area contributed by atoms with Crippen LogP contribution in [0.25, 0.3) is 0 Å². The van der Waals surface area contributed by atoms with Crippen LogP contribution in [-0.2, 0) is 0 Å². The van der Waals surface area contributed by atoms with Gasteiger partial charge in [0.25, 0.3) is 5.91 Å². The van der Waals surface area contributed by atoms with Gasteiger partial charge >= 0.3 is 6.61 Å². The fourth-order valence-corrected chi connectivity index (χ4v) is 2.51. The summed E-state index contributed by atoms with van der Waals surface area (Å²) in [6, 6.07) is 5.83. The quantitative estimate of drug-likeness (QED) is 0.924. The van der Waals surface area contributed by atoms with Crippen molar-refractivity contribution in [2.24, 2.45) is 11.1 Å². The summed E-state index contributed by atoms with van der Waals surface area (Å²) in [6.07, 6.45) is 0.755. The minimum atomic E-state index is -2.86. The Kier molecular flexibility index (Phi) is 6.14. The molecule has 1 saturated heterocycles. The molecule has 1 aliphatic rings. The van der Waals surface area contributed by atoms with Gasteiger partial charge in [0, 0.05) is 24.7 Å². The van der Waals surface area contributed by atoms with E-state index in [0.29, 0.717) is 18.7 Å². The van der Waals surface area contributed by atoms with Crippen LogP contribution in [-0.4, -0.2) is 36.5 Å². The lowest BCUT2D eigenvalue weighted by Crippen LogP contribution is -2.53. The Morgan fingerprint density at radius 3 is 2.45 bits per heavy atom. The van der Waals surface area contributed by atoms with Crippen LogP contribution in [0.4, 0.5) is 8.78 Å². The summed E-state index contributed by atoms with van der Waals surface area (Å²) in [6.45, 7) is 2.41. The van der Waals surface area contributed by atoms with Crippen molar-refractivity contribution in [1.82, 2.24) is 4.90 Å². The van der Waals surface area contributed by atoms with E-state index in [1.165, 1.54) is 24.3 Å². The third-order valence-corrected chi connectivity index (χ3v) is 3.93. The van der Waals surface area contributed by atoms with Gasteiger partial charge in [-0.15, -0.1) is 12.4 Å². The van der Waals surface area contributed by atoms with E-state index >= 15 is 0 Å². The third-order valence-electron chi connectivity index (χ3n) is 3.93.